The average molecular weight is 194 g/mol. The monoisotopic (exact) mass is 194 g/mol. The first-order valence-electron chi connectivity index (χ1n) is 4.53. The zero-order chi connectivity index (χ0) is 10.8. The first-order chi connectivity index (χ1) is 6.50. The van der Waals surface area contributed by atoms with Crippen LogP contribution in [-0.4, -0.2) is 35.3 Å². The third-order valence-electron chi connectivity index (χ3n) is 2.33. The summed E-state index contributed by atoms with van der Waals surface area (Å²) in [5, 5.41) is 2.72. The van der Waals surface area contributed by atoms with Gasteiger partial charge in [-0.3, -0.25) is 9.59 Å². The Labute approximate surface area is 83.6 Å². The van der Waals surface area contributed by atoms with Gasteiger partial charge < -0.3 is 10.2 Å². The molecule has 0 spiro atoms. The Morgan fingerprint density at radius 3 is 2.79 bits per heavy atom. The Kier molecular flexibility index (Phi) is 2.80. The fourth-order valence-corrected chi connectivity index (χ4v) is 1.43. The lowest BCUT2D eigenvalue weighted by Crippen LogP contribution is -2.63. The van der Waals surface area contributed by atoms with Crippen molar-refractivity contribution in [2.24, 2.45) is 0 Å². The third kappa shape index (κ3) is 1.72. The molecule has 0 aromatic rings. The summed E-state index contributed by atoms with van der Waals surface area (Å²) in [6.45, 7) is 6.06. The van der Waals surface area contributed by atoms with Crippen molar-refractivity contribution in [3.63, 3.8) is 0 Å². The minimum absolute atomic E-state index is 0.130. The number of nitrogens with zero attached hydrogens (tertiary/aromatic N) is 1. The molecule has 0 aromatic heterocycles. The van der Waals surface area contributed by atoms with Gasteiger partial charge in [0.2, 0.25) is 5.91 Å². The van der Waals surface area contributed by atoms with Gasteiger partial charge in [0.05, 0.1) is 0 Å². The molecule has 76 valence electrons. The summed E-state index contributed by atoms with van der Waals surface area (Å²) in [4.78, 5) is 24.5. The number of hydrogen-bond donors (Lipinski definition) is 1. The van der Waals surface area contributed by atoms with E-state index in [1.165, 1.54) is 4.90 Å². The SMILES string of the molecule is CC#CC(=O)N1CCNC(=O)C1(C)C. The van der Waals surface area contributed by atoms with Crippen LogP contribution in [0.3, 0.4) is 0 Å². The van der Waals surface area contributed by atoms with Crippen LogP contribution in [0.25, 0.3) is 0 Å². The second kappa shape index (κ2) is 3.70. The second-order valence-electron chi connectivity index (χ2n) is 3.65. The number of rotatable bonds is 0. The molecule has 1 aliphatic heterocycles. The molecule has 4 nitrogen and oxygen atoms in total. The molecule has 0 bridgehead atoms. The first-order valence-corrected chi connectivity index (χ1v) is 4.53. The molecular weight excluding hydrogens is 180 g/mol. The molecule has 4 heteroatoms. The van der Waals surface area contributed by atoms with Crippen molar-refractivity contribution >= 4 is 11.8 Å². The summed E-state index contributed by atoms with van der Waals surface area (Å²) in [5.41, 5.74) is -0.792. The number of hydrogen-bond acceptors (Lipinski definition) is 2. The van der Waals surface area contributed by atoms with Crippen molar-refractivity contribution < 1.29 is 9.59 Å². The first kappa shape index (κ1) is 10.6. The molecule has 0 radical (unpaired) electrons. The molecule has 0 aliphatic carbocycles. The van der Waals surface area contributed by atoms with Crippen LogP contribution in [0.1, 0.15) is 20.8 Å². The minimum atomic E-state index is -0.792. The minimum Gasteiger partial charge on any atom is -0.352 e. The molecule has 0 saturated carbocycles. The van der Waals surface area contributed by atoms with E-state index in [4.69, 9.17) is 0 Å². The fourth-order valence-electron chi connectivity index (χ4n) is 1.43. The van der Waals surface area contributed by atoms with Crippen molar-refractivity contribution in [1.82, 2.24) is 10.2 Å². The van der Waals surface area contributed by atoms with Gasteiger partial charge in [0.25, 0.3) is 5.91 Å². The number of nitrogens with one attached hydrogen (secondary N) is 1. The Morgan fingerprint density at radius 1 is 1.57 bits per heavy atom. The quantitative estimate of drug-likeness (QED) is 0.540. The summed E-state index contributed by atoms with van der Waals surface area (Å²) in [6, 6.07) is 0. The summed E-state index contributed by atoms with van der Waals surface area (Å²) < 4.78 is 0. The van der Waals surface area contributed by atoms with Gasteiger partial charge in [0.15, 0.2) is 0 Å². The largest absolute Gasteiger partial charge is 0.352 e. The summed E-state index contributed by atoms with van der Waals surface area (Å²) in [6.07, 6.45) is 0. The van der Waals surface area contributed by atoms with Crippen LogP contribution in [0.4, 0.5) is 0 Å². The van der Waals surface area contributed by atoms with Gasteiger partial charge in [-0.2, -0.15) is 0 Å². The van der Waals surface area contributed by atoms with Gasteiger partial charge in [-0.25, -0.2) is 0 Å². The van der Waals surface area contributed by atoms with E-state index in [-0.39, 0.29) is 11.8 Å². The lowest BCUT2D eigenvalue weighted by Gasteiger charge is -2.39. The number of piperazine rings is 1. The van der Waals surface area contributed by atoms with Crippen LogP contribution in [0.5, 0.6) is 0 Å². The lowest BCUT2D eigenvalue weighted by atomic mass is 9.99. The predicted octanol–water partition coefficient (Wildman–Crippen LogP) is -0.253. The maximum atomic E-state index is 11.5. The Bertz CT molecular complexity index is 323. The van der Waals surface area contributed by atoms with E-state index in [0.29, 0.717) is 13.1 Å². The van der Waals surface area contributed by atoms with E-state index in [2.05, 4.69) is 17.2 Å². The van der Waals surface area contributed by atoms with Crippen LogP contribution >= 0.6 is 0 Å². The van der Waals surface area contributed by atoms with Gasteiger partial charge in [0, 0.05) is 13.1 Å². The molecule has 1 heterocycles. The van der Waals surface area contributed by atoms with Gasteiger partial charge in [0.1, 0.15) is 5.54 Å². The molecule has 0 atom stereocenters. The molecule has 1 aliphatic rings. The van der Waals surface area contributed by atoms with Gasteiger partial charge in [-0.1, -0.05) is 5.92 Å². The van der Waals surface area contributed by atoms with Gasteiger partial charge in [-0.15, -0.1) is 0 Å². The average Bonchev–Trinajstić information content (AvgIpc) is 2.10. The van der Waals surface area contributed by atoms with Crippen LogP contribution in [0.2, 0.25) is 0 Å². The van der Waals surface area contributed by atoms with Gasteiger partial charge >= 0.3 is 0 Å². The highest BCUT2D eigenvalue weighted by Crippen LogP contribution is 2.17. The predicted molar refractivity (Wildman–Crippen MR) is 52.3 cm³/mol. The highest BCUT2D eigenvalue weighted by Gasteiger charge is 2.39. The van der Waals surface area contributed by atoms with Crippen LogP contribution in [0.15, 0.2) is 0 Å². The maximum absolute atomic E-state index is 11.5. The fraction of sp³-hybridized carbons (Fsp3) is 0.600. The number of carbonyl (C=O) groups excluding carboxylic acids is 2. The van der Waals surface area contributed by atoms with Crippen molar-refractivity contribution in [2.45, 2.75) is 26.3 Å². The van der Waals surface area contributed by atoms with Crippen molar-refractivity contribution in [1.29, 1.82) is 0 Å². The number of amides is 2. The van der Waals surface area contributed by atoms with Gasteiger partial charge in [-0.05, 0) is 26.7 Å². The lowest BCUT2D eigenvalue weighted by molar-refractivity contribution is -0.145. The van der Waals surface area contributed by atoms with Crippen molar-refractivity contribution in [3.05, 3.63) is 0 Å². The van der Waals surface area contributed by atoms with Crippen molar-refractivity contribution in [3.8, 4) is 11.8 Å². The maximum Gasteiger partial charge on any atom is 0.299 e. The van der Waals surface area contributed by atoms with E-state index in [9.17, 15) is 9.59 Å². The Morgan fingerprint density at radius 2 is 2.21 bits per heavy atom. The van der Waals surface area contributed by atoms with E-state index in [1.54, 1.807) is 20.8 Å². The van der Waals surface area contributed by atoms with E-state index in [1.807, 2.05) is 0 Å². The van der Waals surface area contributed by atoms with Crippen LogP contribution < -0.4 is 5.32 Å². The van der Waals surface area contributed by atoms with Crippen LogP contribution in [-0.2, 0) is 9.59 Å². The molecule has 1 saturated heterocycles. The van der Waals surface area contributed by atoms with E-state index in [0.717, 1.165) is 0 Å². The topological polar surface area (TPSA) is 49.4 Å². The molecular formula is C10H14N2O2. The molecule has 0 aromatic carbocycles. The zero-order valence-electron chi connectivity index (χ0n) is 8.68. The molecule has 2 amide bonds. The Hall–Kier alpha value is -1.50. The highest BCUT2D eigenvalue weighted by molar-refractivity contribution is 5.99. The van der Waals surface area contributed by atoms with Crippen molar-refractivity contribution in [2.75, 3.05) is 13.1 Å². The van der Waals surface area contributed by atoms with Crippen LogP contribution in [0, 0.1) is 11.8 Å². The summed E-state index contributed by atoms with van der Waals surface area (Å²) >= 11 is 0. The molecule has 1 N–H and O–H groups in total. The molecule has 14 heavy (non-hydrogen) atoms. The molecule has 1 fully saturated rings. The standard InChI is InChI=1S/C10H14N2O2/c1-4-5-8(13)12-7-6-11-9(14)10(12,2)3/h6-7H2,1-3H3,(H,11,14). The summed E-state index contributed by atoms with van der Waals surface area (Å²) in [5.74, 6) is 4.58. The van der Waals surface area contributed by atoms with E-state index < -0.39 is 5.54 Å². The zero-order valence-corrected chi connectivity index (χ0v) is 8.68. The normalized spacial score (nSPS) is 19.4. The smallest absolute Gasteiger partial charge is 0.299 e. The highest BCUT2D eigenvalue weighted by atomic mass is 16.2. The Balaban J connectivity index is 2.90. The molecule has 1 rings (SSSR count). The number of carbonyl (C=O) groups is 2. The molecule has 0 unspecified atom stereocenters. The second-order valence-corrected chi connectivity index (χ2v) is 3.65. The third-order valence-corrected chi connectivity index (χ3v) is 2.33. The summed E-state index contributed by atoms with van der Waals surface area (Å²) in [7, 11) is 0. The van der Waals surface area contributed by atoms with E-state index >= 15 is 0 Å².